The van der Waals surface area contributed by atoms with Crippen molar-refractivity contribution in [2.45, 2.75) is 50.7 Å². The molecule has 2 aliphatic rings. The van der Waals surface area contributed by atoms with Crippen molar-refractivity contribution >= 4 is 23.8 Å². The van der Waals surface area contributed by atoms with Crippen molar-refractivity contribution in [3.8, 4) is 16.9 Å². The minimum atomic E-state index is -1.14. The Kier molecular flexibility index (Phi) is 8.21. The maximum Gasteiger partial charge on any atom is 0.192 e. The second-order valence-corrected chi connectivity index (χ2v) is 9.88. The van der Waals surface area contributed by atoms with Crippen LogP contribution < -0.4 is 10.5 Å². The van der Waals surface area contributed by atoms with Crippen molar-refractivity contribution in [2.24, 2.45) is 10.7 Å². The van der Waals surface area contributed by atoms with Crippen LogP contribution in [0.5, 0.6) is 5.75 Å². The molecule has 34 heavy (non-hydrogen) atoms. The number of nitrogens with two attached hydrogens (primary N) is 1. The van der Waals surface area contributed by atoms with E-state index in [1.165, 1.54) is 31.4 Å². The second-order valence-electron chi connectivity index (χ2n) is 9.44. The molecule has 0 spiro atoms. The number of benzene rings is 2. The van der Waals surface area contributed by atoms with Crippen LogP contribution in [0.4, 0.5) is 4.39 Å². The summed E-state index contributed by atoms with van der Waals surface area (Å²) in [5, 5.41) is 0.297. The number of aliphatic imine (C=N–C) groups is 1. The molecule has 1 unspecified atom stereocenters. The van der Waals surface area contributed by atoms with Gasteiger partial charge in [0.2, 0.25) is 0 Å². The zero-order valence-electron chi connectivity index (χ0n) is 20.2. The van der Waals surface area contributed by atoms with E-state index in [0.29, 0.717) is 40.5 Å². The number of fused-ring (bicyclic) bond motifs is 1. The quantitative estimate of drug-likeness (QED) is 0.366. The topological polar surface area (TPSA) is 77.2 Å². The molecule has 0 aromatic heterocycles. The van der Waals surface area contributed by atoms with Gasteiger partial charge in [0.05, 0.1) is 12.2 Å². The number of carbonyl (C=O) groups excluding carboxylic acids is 1. The average Bonchev–Trinajstić information content (AvgIpc) is 2.78. The first kappa shape index (κ1) is 26.0. The molecule has 4 rings (SSSR count). The smallest absolute Gasteiger partial charge is 0.192 e. The van der Waals surface area contributed by atoms with Crippen LogP contribution in [-0.2, 0) is 15.1 Å². The summed E-state index contributed by atoms with van der Waals surface area (Å²) in [6, 6.07) is 9.62. The standard InChI is InChI=1S/C19H19ClFN3O2.C7H14O/c1-24(2)18(22)23-19(11-25)5-6-26-17-4-3-12(9-16(17)19)13-7-14(20)10-15(21)8-13;1-7(2)5-3-4-6-8-7/h3-4,7-11H,5-6H2,1-2H3,(H2,22,23);3-6H2,1-2H3. The summed E-state index contributed by atoms with van der Waals surface area (Å²) in [6.45, 7) is 5.63. The molecule has 2 aromatic rings. The predicted molar refractivity (Wildman–Crippen MR) is 134 cm³/mol. The average molecular weight is 490 g/mol. The van der Waals surface area contributed by atoms with Crippen LogP contribution in [0.3, 0.4) is 0 Å². The molecule has 0 amide bonds. The number of rotatable bonds is 3. The summed E-state index contributed by atoms with van der Waals surface area (Å²) in [5.74, 6) is 0.368. The van der Waals surface area contributed by atoms with Crippen LogP contribution >= 0.6 is 11.6 Å². The van der Waals surface area contributed by atoms with Gasteiger partial charge in [-0.15, -0.1) is 0 Å². The van der Waals surface area contributed by atoms with Gasteiger partial charge in [0, 0.05) is 37.7 Å². The second kappa shape index (κ2) is 10.7. The molecular weight excluding hydrogens is 457 g/mol. The van der Waals surface area contributed by atoms with E-state index in [1.807, 2.05) is 0 Å². The molecule has 0 bridgehead atoms. The normalized spacial score (nSPS) is 21.4. The van der Waals surface area contributed by atoms with E-state index in [-0.39, 0.29) is 11.6 Å². The van der Waals surface area contributed by atoms with Gasteiger partial charge < -0.3 is 24.9 Å². The van der Waals surface area contributed by atoms with Gasteiger partial charge in [0.1, 0.15) is 11.6 Å². The van der Waals surface area contributed by atoms with E-state index in [2.05, 4.69) is 18.8 Å². The van der Waals surface area contributed by atoms with Crippen LogP contribution in [0.25, 0.3) is 11.1 Å². The molecule has 0 aliphatic carbocycles. The molecule has 1 fully saturated rings. The maximum atomic E-state index is 13.7. The fraction of sp³-hybridized carbons (Fsp3) is 0.462. The van der Waals surface area contributed by atoms with Gasteiger partial charge >= 0.3 is 0 Å². The number of guanidine groups is 1. The molecule has 0 radical (unpaired) electrons. The highest BCUT2D eigenvalue weighted by atomic mass is 35.5. The van der Waals surface area contributed by atoms with E-state index in [0.717, 1.165) is 12.9 Å². The predicted octanol–water partition coefficient (Wildman–Crippen LogP) is 5.16. The SMILES string of the molecule is CC1(C)CCCCO1.CN(C)C(N)=NC1(C=O)CCOc2ccc(-c3cc(F)cc(Cl)c3)cc21. The molecule has 8 heteroatoms. The first-order chi connectivity index (χ1) is 16.0. The fourth-order valence-electron chi connectivity index (χ4n) is 3.99. The van der Waals surface area contributed by atoms with Crippen molar-refractivity contribution in [1.82, 2.24) is 4.90 Å². The fourth-order valence-corrected chi connectivity index (χ4v) is 4.21. The van der Waals surface area contributed by atoms with Crippen LogP contribution in [0.15, 0.2) is 41.4 Å². The summed E-state index contributed by atoms with van der Waals surface area (Å²) in [6.07, 6.45) is 4.97. The lowest BCUT2D eigenvalue weighted by Crippen LogP contribution is -2.39. The van der Waals surface area contributed by atoms with E-state index >= 15 is 0 Å². The van der Waals surface area contributed by atoms with Gasteiger partial charge in [-0.3, -0.25) is 0 Å². The molecule has 1 atom stereocenters. The molecule has 2 aromatic carbocycles. The first-order valence-electron chi connectivity index (χ1n) is 11.4. The minimum absolute atomic E-state index is 0.179. The molecule has 184 valence electrons. The number of hydrogen-bond donors (Lipinski definition) is 1. The lowest BCUT2D eigenvalue weighted by molar-refractivity contribution is -0.113. The van der Waals surface area contributed by atoms with Crippen molar-refractivity contribution in [3.63, 3.8) is 0 Å². The van der Waals surface area contributed by atoms with Crippen LogP contribution in [0, 0.1) is 5.82 Å². The highest BCUT2D eigenvalue weighted by molar-refractivity contribution is 6.30. The summed E-state index contributed by atoms with van der Waals surface area (Å²) < 4.78 is 24.9. The molecule has 2 aliphatic heterocycles. The molecular formula is C26H33ClFN3O3. The van der Waals surface area contributed by atoms with Crippen molar-refractivity contribution in [1.29, 1.82) is 0 Å². The lowest BCUT2D eigenvalue weighted by atomic mass is 9.84. The largest absolute Gasteiger partial charge is 0.493 e. The molecule has 2 N–H and O–H groups in total. The van der Waals surface area contributed by atoms with Gasteiger partial charge in [-0.2, -0.15) is 0 Å². The number of ether oxygens (including phenoxy) is 2. The number of hydrogen-bond acceptors (Lipinski definition) is 4. The van der Waals surface area contributed by atoms with E-state index in [4.69, 9.17) is 26.8 Å². The summed E-state index contributed by atoms with van der Waals surface area (Å²) in [5.41, 5.74) is 6.91. The Hall–Kier alpha value is -2.64. The molecule has 1 saturated heterocycles. The number of aldehydes is 1. The lowest BCUT2D eigenvalue weighted by Gasteiger charge is -2.32. The zero-order chi connectivity index (χ0) is 24.9. The van der Waals surface area contributed by atoms with E-state index < -0.39 is 11.4 Å². The molecule has 2 heterocycles. The third-order valence-electron chi connectivity index (χ3n) is 6.02. The van der Waals surface area contributed by atoms with Crippen molar-refractivity contribution in [3.05, 3.63) is 52.8 Å². The van der Waals surface area contributed by atoms with Gasteiger partial charge in [0.25, 0.3) is 0 Å². The Morgan fingerprint density at radius 3 is 2.44 bits per heavy atom. The molecule has 6 nitrogen and oxygen atoms in total. The van der Waals surface area contributed by atoms with E-state index in [9.17, 15) is 9.18 Å². The Labute approximate surface area is 205 Å². The minimum Gasteiger partial charge on any atom is -0.493 e. The van der Waals surface area contributed by atoms with Gasteiger partial charge in [0.15, 0.2) is 17.8 Å². The Morgan fingerprint density at radius 2 is 1.88 bits per heavy atom. The Morgan fingerprint density at radius 1 is 1.12 bits per heavy atom. The van der Waals surface area contributed by atoms with E-state index in [1.54, 1.807) is 43.3 Å². The van der Waals surface area contributed by atoms with Crippen LogP contribution in [-0.4, -0.2) is 50.1 Å². The third-order valence-corrected chi connectivity index (χ3v) is 6.23. The summed E-state index contributed by atoms with van der Waals surface area (Å²) in [7, 11) is 3.51. The Bertz CT molecular complexity index is 1030. The van der Waals surface area contributed by atoms with Crippen LogP contribution in [0.1, 0.15) is 45.1 Å². The first-order valence-corrected chi connectivity index (χ1v) is 11.8. The third kappa shape index (κ3) is 6.27. The monoisotopic (exact) mass is 489 g/mol. The zero-order valence-corrected chi connectivity index (χ0v) is 21.0. The van der Waals surface area contributed by atoms with Crippen molar-refractivity contribution < 1.29 is 18.7 Å². The Balaban J connectivity index is 0.000000343. The van der Waals surface area contributed by atoms with Crippen LogP contribution in [0.2, 0.25) is 5.02 Å². The van der Waals surface area contributed by atoms with Gasteiger partial charge in [-0.1, -0.05) is 17.7 Å². The number of halogens is 2. The summed E-state index contributed by atoms with van der Waals surface area (Å²) in [4.78, 5) is 18.1. The van der Waals surface area contributed by atoms with Crippen molar-refractivity contribution in [2.75, 3.05) is 27.3 Å². The number of nitrogens with zero attached hydrogens (tertiary/aromatic N) is 2. The molecule has 0 saturated carbocycles. The summed E-state index contributed by atoms with van der Waals surface area (Å²) >= 11 is 5.97. The van der Waals surface area contributed by atoms with Gasteiger partial charge in [-0.05, 0) is 74.6 Å². The van der Waals surface area contributed by atoms with Gasteiger partial charge in [-0.25, -0.2) is 9.38 Å². The number of carbonyl (C=O) groups is 1. The highest BCUT2D eigenvalue weighted by Gasteiger charge is 2.38. The highest BCUT2D eigenvalue weighted by Crippen LogP contribution is 2.41. The maximum absolute atomic E-state index is 13.7.